The summed E-state index contributed by atoms with van der Waals surface area (Å²) >= 11 is 0. The molecule has 6 nitrogen and oxygen atoms in total. The van der Waals surface area contributed by atoms with Gasteiger partial charge < -0.3 is 14.8 Å². The minimum atomic E-state index is -0.603. The van der Waals surface area contributed by atoms with Crippen molar-refractivity contribution in [1.82, 2.24) is 15.0 Å². The maximum Gasteiger partial charge on any atom is 0.169 e. The van der Waals surface area contributed by atoms with E-state index < -0.39 is 5.79 Å². The van der Waals surface area contributed by atoms with Gasteiger partial charge in [0.1, 0.15) is 17.1 Å². The maximum atomic E-state index is 6.05. The highest BCUT2D eigenvalue weighted by Crippen LogP contribution is 2.30. The molecule has 3 aromatic rings. The van der Waals surface area contributed by atoms with E-state index >= 15 is 0 Å². The molecule has 1 aliphatic heterocycles. The van der Waals surface area contributed by atoms with Gasteiger partial charge in [0.25, 0.3) is 0 Å². The first-order chi connectivity index (χ1) is 11.6. The summed E-state index contributed by atoms with van der Waals surface area (Å²) in [6.45, 7) is 4.31. The molecule has 1 fully saturated rings. The van der Waals surface area contributed by atoms with Crippen molar-refractivity contribution < 1.29 is 9.47 Å². The van der Waals surface area contributed by atoms with Crippen molar-refractivity contribution >= 4 is 16.7 Å². The number of fused-ring (bicyclic) bond motifs is 1. The van der Waals surface area contributed by atoms with Crippen molar-refractivity contribution in [3.05, 3.63) is 54.6 Å². The Kier molecular flexibility index (Phi) is 3.70. The zero-order valence-corrected chi connectivity index (χ0v) is 13.7. The summed E-state index contributed by atoms with van der Waals surface area (Å²) in [4.78, 5) is 1.69. The molecule has 24 heavy (non-hydrogen) atoms. The van der Waals surface area contributed by atoms with Gasteiger partial charge in [-0.05, 0) is 38.1 Å². The highest BCUT2D eigenvalue weighted by Gasteiger charge is 2.39. The Morgan fingerprint density at radius 3 is 2.25 bits per heavy atom. The Bertz CT molecular complexity index is 798. The Hall–Kier alpha value is -2.44. The fraction of sp³-hybridized carbons (Fsp3) is 0.333. The lowest BCUT2D eigenvalue weighted by Crippen LogP contribution is -2.35. The summed E-state index contributed by atoms with van der Waals surface area (Å²) < 4.78 is 11.8. The SMILES string of the molecule is CC1(C)OC[C@H](C(Nc2ccccc2)n2nc3ccccc3n2)O1. The molecule has 1 unspecified atom stereocenters. The molecule has 4 rings (SSSR count). The summed E-state index contributed by atoms with van der Waals surface area (Å²) in [7, 11) is 0. The molecule has 1 N–H and O–H groups in total. The number of nitrogens with zero attached hydrogens (tertiary/aromatic N) is 3. The number of hydrogen-bond donors (Lipinski definition) is 1. The van der Waals surface area contributed by atoms with E-state index in [0.29, 0.717) is 6.61 Å². The summed E-state index contributed by atoms with van der Waals surface area (Å²) in [6.07, 6.45) is -0.455. The van der Waals surface area contributed by atoms with Crippen molar-refractivity contribution in [2.75, 3.05) is 11.9 Å². The fourth-order valence-corrected chi connectivity index (χ4v) is 2.88. The normalized spacial score (nSPS) is 21.0. The monoisotopic (exact) mass is 324 g/mol. The zero-order chi connectivity index (χ0) is 16.6. The summed E-state index contributed by atoms with van der Waals surface area (Å²) in [5, 5.41) is 12.7. The predicted molar refractivity (Wildman–Crippen MR) is 91.5 cm³/mol. The van der Waals surface area contributed by atoms with Gasteiger partial charge in [-0.15, -0.1) is 0 Å². The first-order valence-electron chi connectivity index (χ1n) is 8.06. The van der Waals surface area contributed by atoms with Crippen LogP contribution in [-0.2, 0) is 9.47 Å². The van der Waals surface area contributed by atoms with Crippen molar-refractivity contribution in [3.8, 4) is 0 Å². The predicted octanol–water partition coefficient (Wildman–Crippen LogP) is 3.19. The first-order valence-corrected chi connectivity index (χ1v) is 8.06. The van der Waals surface area contributed by atoms with Crippen LogP contribution in [0.4, 0.5) is 5.69 Å². The molecule has 0 spiro atoms. The average Bonchev–Trinajstić information content (AvgIpc) is 3.16. The third-order valence-electron chi connectivity index (χ3n) is 4.02. The van der Waals surface area contributed by atoms with E-state index in [-0.39, 0.29) is 12.3 Å². The molecule has 2 aromatic carbocycles. The molecule has 0 saturated carbocycles. The molecule has 6 heteroatoms. The molecule has 0 aliphatic carbocycles. The molecule has 124 valence electrons. The van der Waals surface area contributed by atoms with Gasteiger partial charge in [0.15, 0.2) is 12.0 Å². The van der Waals surface area contributed by atoms with Crippen LogP contribution >= 0.6 is 0 Å². The number of anilines is 1. The van der Waals surface area contributed by atoms with E-state index in [1.165, 1.54) is 0 Å². The van der Waals surface area contributed by atoms with Crippen LogP contribution < -0.4 is 5.32 Å². The van der Waals surface area contributed by atoms with Gasteiger partial charge in [0.2, 0.25) is 0 Å². The molecular weight excluding hydrogens is 304 g/mol. The smallest absolute Gasteiger partial charge is 0.169 e. The lowest BCUT2D eigenvalue weighted by molar-refractivity contribution is -0.143. The van der Waals surface area contributed by atoms with Gasteiger partial charge >= 0.3 is 0 Å². The number of nitrogens with one attached hydrogen (secondary N) is 1. The van der Waals surface area contributed by atoms with Crippen LogP contribution in [-0.4, -0.2) is 33.5 Å². The summed E-state index contributed by atoms with van der Waals surface area (Å²) in [6, 6.07) is 17.8. The maximum absolute atomic E-state index is 6.05. The van der Waals surface area contributed by atoms with Crippen LogP contribution in [0.3, 0.4) is 0 Å². The van der Waals surface area contributed by atoms with Crippen LogP contribution in [0.2, 0.25) is 0 Å². The van der Waals surface area contributed by atoms with Crippen molar-refractivity contribution in [2.24, 2.45) is 0 Å². The number of aromatic nitrogens is 3. The van der Waals surface area contributed by atoms with Gasteiger partial charge in [0.05, 0.1) is 6.61 Å². The van der Waals surface area contributed by atoms with E-state index in [4.69, 9.17) is 9.47 Å². The average molecular weight is 324 g/mol. The molecule has 2 atom stereocenters. The van der Waals surface area contributed by atoms with E-state index in [9.17, 15) is 0 Å². The first kappa shape index (κ1) is 15.1. The molecule has 0 bridgehead atoms. The number of ether oxygens (including phenoxy) is 2. The Morgan fingerprint density at radius 1 is 1.04 bits per heavy atom. The highest BCUT2D eigenvalue weighted by molar-refractivity contribution is 5.73. The Labute approximate surface area is 140 Å². The largest absolute Gasteiger partial charge is 0.360 e. The zero-order valence-electron chi connectivity index (χ0n) is 13.7. The van der Waals surface area contributed by atoms with Gasteiger partial charge in [-0.3, -0.25) is 0 Å². The quantitative estimate of drug-likeness (QED) is 0.798. The second-order valence-corrected chi connectivity index (χ2v) is 6.33. The minimum Gasteiger partial charge on any atom is -0.360 e. The third-order valence-corrected chi connectivity index (χ3v) is 4.02. The standard InChI is InChI=1S/C18H20N4O2/c1-18(2)23-12-16(24-18)17(19-13-8-4-3-5-9-13)22-20-14-10-6-7-11-15(14)21-22/h3-11,16-17,19H,12H2,1-2H3/t16-,17?/m1/s1. The third kappa shape index (κ3) is 2.98. The number of para-hydroxylation sites is 1. The number of rotatable bonds is 4. The molecule has 2 heterocycles. The Balaban J connectivity index is 1.69. The van der Waals surface area contributed by atoms with Crippen LogP contribution in [0.5, 0.6) is 0 Å². The Morgan fingerprint density at radius 2 is 1.67 bits per heavy atom. The molecule has 1 saturated heterocycles. The van der Waals surface area contributed by atoms with Crippen LogP contribution in [0, 0.1) is 0 Å². The van der Waals surface area contributed by atoms with Crippen molar-refractivity contribution in [3.63, 3.8) is 0 Å². The number of hydrogen-bond acceptors (Lipinski definition) is 5. The molecular formula is C18H20N4O2. The minimum absolute atomic E-state index is 0.193. The summed E-state index contributed by atoms with van der Waals surface area (Å²) in [5.41, 5.74) is 2.70. The molecule has 0 radical (unpaired) electrons. The van der Waals surface area contributed by atoms with Crippen molar-refractivity contribution in [2.45, 2.75) is 31.9 Å². The van der Waals surface area contributed by atoms with Crippen molar-refractivity contribution in [1.29, 1.82) is 0 Å². The second-order valence-electron chi connectivity index (χ2n) is 6.33. The van der Waals surface area contributed by atoms with Crippen LogP contribution in [0.15, 0.2) is 54.6 Å². The molecule has 0 amide bonds. The summed E-state index contributed by atoms with van der Waals surface area (Å²) in [5.74, 6) is -0.603. The van der Waals surface area contributed by atoms with Gasteiger partial charge in [-0.25, -0.2) is 0 Å². The molecule has 1 aliphatic rings. The van der Waals surface area contributed by atoms with Gasteiger partial charge in [-0.2, -0.15) is 15.0 Å². The topological polar surface area (TPSA) is 61.2 Å². The van der Waals surface area contributed by atoms with E-state index in [1.807, 2.05) is 68.4 Å². The van der Waals surface area contributed by atoms with E-state index in [0.717, 1.165) is 16.7 Å². The van der Waals surface area contributed by atoms with Crippen LogP contribution in [0.1, 0.15) is 20.0 Å². The van der Waals surface area contributed by atoms with Gasteiger partial charge in [-0.1, -0.05) is 30.3 Å². The van der Waals surface area contributed by atoms with Crippen LogP contribution in [0.25, 0.3) is 11.0 Å². The fourth-order valence-electron chi connectivity index (χ4n) is 2.88. The molecule has 1 aromatic heterocycles. The lowest BCUT2D eigenvalue weighted by Gasteiger charge is -2.25. The lowest BCUT2D eigenvalue weighted by atomic mass is 10.2. The van der Waals surface area contributed by atoms with E-state index in [1.54, 1.807) is 4.80 Å². The van der Waals surface area contributed by atoms with Gasteiger partial charge in [0, 0.05) is 5.69 Å². The van der Waals surface area contributed by atoms with E-state index in [2.05, 4.69) is 15.5 Å². The number of benzene rings is 2. The highest BCUT2D eigenvalue weighted by atomic mass is 16.7. The second kappa shape index (κ2) is 5.89.